The first-order valence-corrected chi connectivity index (χ1v) is 11.1. The van der Waals surface area contributed by atoms with Gasteiger partial charge in [-0.05, 0) is 24.3 Å². The fourth-order valence-corrected chi connectivity index (χ4v) is 4.25. The van der Waals surface area contributed by atoms with Gasteiger partial charge in [0.15, 0.2) is 5.16 Å². The first-order chi connectivity index (χ1) is 15.8. The Morgan fingerprint density at radius 1 is 0.844 bits per heavy atom. The van der Waals surface area contributed by atoms with Gasteiger partial charge in [-0.15, -0.1) is 10.2 Å². The third kappa shape index (κ3) is 4.02. The van der Waals surface area contributed by atoms with Crippen LogP contribution in [0.5, 0.6) is 5.75 Å². The van der Waals surface area contributed by atoms with E-state index < -0.39 is 0 Å². The maximum Gasteiger partial charge on any atom is 0.247 e. The minimum absolute atomic E-state index is 0.500. The van der Waals surface area contributed by atoms with E-state index in [0.29, 0.717) is 17.5 Å². The number of aromatic nitrogens is 4. The van der Waals surface area contributed by atoms with E-state index in [9.17, 15) is 0 Å². The molecule has 3 aromatic carbocycles. The Labute approximate surface area is 189 Å². The van der Waals surface area contributed by atoms with E-state index in [1.807, 2.05) is 79.0 Å². The standard InChI is InChI=1S/C25H20N4O2S/c1-30-22-15-9-8-14-20(22)29-21(18-10-4-2-5-11-18)16-26-25(29)32-17-23-27-28-24(31-23)19-12-6-3-7-13-19/h2-16H,17H2,1H3. The summed E-state index contributed by atoms with van der Waals surface area (Å²) in [5.41, 5.74) is 3.87. The molecule has 0 atom stereocenters. The van der Waals surface area contributed by atoms with E-state index >= 15 is 0 Å². The number of benzene rings is 3. The fraction of sp³-hybridized carbons (Fsp3) is 0.0800. The van der Waals surface area contributed by atoms with Gasteiger partial charge in [0, 0.05) is 11.1 Å². The number of thioether (sulfide) groups is 1. The van der Waals surface area contributed by atoms with Crippen LogP contribution in [0, 0.1) is 0 Å². The quantitative estimate of drug-likeness (QED) is 0.294. The Balaban J connectivity index is 1.48. The monoisotopic (exact) mass is 440 g/mol. The molecule has 2 heterocycles. The molecule has 5 rings (SSSR count). The molecule has 0 aliphatic carbocycles. The molecule has 0 aliphatic heterocycles. The van der Waals surface area contributed by atoms with Crippen LogP contribution in [0.15, 0.2) is 101 Å². The average Bonchev–Trinajstić information content (AvgIpc) is 3.51. The first-order valence-electron chi connectivity index (χ1n) is 10.1. The van der Waals surface area contributed by atoms with E-state index in [1.165, 1.54) is 11.8 Å². The summed E-state index contributed by atoms with van der Waals surface area (Å²) in [7, 11) is 1.67. The number of hydrogen-bond donors (Lipinski definition) is 0. The lowest BCUT2D eigenvalue weighted by atomic mass is 10.1. The smallest absolute Gasteiger partial charge is 0.247 e. The van der Waals surface area contributed by atoms with Crippen molar-refractivity contribution in [2.24, 2.45) is 0 Å². The van der Waals surface area contributed by atoms with Crippen molar-refractivity contribution in [3.8, 4) is 34.1 Å². The number of ether oxygens (including phenoxy) is 1. The molecule has 32 heavy (non-hydrogen) atoms. The molecule has 0 N–H and O–H groups in total. The lowest BCUT2D eigenvalue weighted by Gasteiger charge is -2.15. The van der Waals surface area contributed by atoms with Crippen LogP contribution in [0.4, 0.5) is 0 Å². The highest BCUT2D eigenvalue weighted by molar-refractivity contribution is 7.98. The topological polar surface area (TPSA) is 66.0 Å². The van der Waals surface area contributed by atoms with Crippen molar-refractivity contribution in [2.75, 3.05) is 7.11 Å². The molecule has 0 radical (unpaired) electrons. The Bertz CT molecular complexity index is 1320. The van der Waals surface area contributed by atoms with Crippen molar-refractivity contribution in [2.45, 2.75) is 10.9 Å². The fourth-order valence-electron chi connectivity index (χ4n) is 3.43. The van der Waals surface area contributed by atoms with Crippen LogP contribution < -0.4 is 4.74 Å². The highest BCUT2D eigenvalue weighted by Crippen LogP contribution is 2.35. The van der Waals surface area contributed by atoms with Crippen LogP contribution in [-0.4, -0.2) is 26.9 Å². The van der Waals surface area contributed by atoms with Gasteiger partial charge in [-0.3, -0.25) is 4.57 Å². The Hall–Kier alpha value is -3.84. The lowest BCUT2D eigenvalue weighted by Crippen LogP contribution is -2.02. The summed E-state index contributed by atoms with van der Waals surface area (Å²) in [6.45, 7) is 0. The molecule has 0 fully saturated rings. The molecule has 0 aliphatic rings. The molecule has 0 bridgehead atoms. The molecule has 158 valence electrons. The molecule has 0 unspecified atom stereocenters. The third-order valence-electron chi connectivity index (χ3n) is 4.94. The van der Waals surface area contributed by atoms with Crippen molar-refractivity contribution in [3.05, 3.63) is 97.0 Å². The summed E-state index contributed by atoms with van der Waals surface area (Å²) in [5, 5.41) is 9.20. The molecule has 2 aromatic heterocycles. The van der Waals surface area contributed by atoms with Gasteiger partial charge < -0.3 is 9.15 Å². The second kappa shape index (κ2) is 9.11. The van der Waals surface area contributed by atoms with Gasteiger partial charge in [0.25, 0.3) is 0 Å². The Kier molecular flexibility index (Phi) is 5.72. The lowest BCUT2D eigenvalue weighted by molar-refractivity contribution is 0.412. The largest absolute Gasteiger partial charge is 0.495 e. The number of methoxy groups -OCH3 is 1. The summed E-state index contributed by atoms with van der Waals surface area (Å²) < 4.78 is 13.6. The van der Waals surface area contributed by atoms with Gasteiger partial charge in [0.2, 0.25) is 11.8 Å². The zero-order valence-corrected chi connectivity index (χ0v) is 18.2. The van der Waals surface area contributed by atoms with Crippen molar-refractivity contribution >= 4 is 11.8 Å². The van der Waals surface area contributed by atoms with Crippen molar-refractivity contribution in [1.82, 2.24) is 19.7 Å². The minimum atomic E-state index is 0.500. The van der Waals surface area contributed by atoms with E-state index in [-0.39, 0.29) is 0 Å². The third-order valence-corrected chi connectivity index (χ3v) is 5.87. The van der Waals surface area contributed by atoms with Crippen LogP contribution >= 0.6 is 11.8 Å². The predicted molar refractivity (Wildman–Crippen MR) is 125 cm³/mol. The van der Waals surface area contributed by atoms with E-state index in [0.717, 1.165) is 33.4 Å². The average molecular weight is 441 g/mol. The number of hydrogen-bond acceptors (Lipinski definition) is 6. The molecule has 0 saturated heterocycles. The second-order valence-corrected chi connectivity index (χ2v) is 7.90. The molecule has 6 nitrogen and oxygen atoms in total. The van der Waals surface area contributed by atoms with Crippen molar-refractivity contribution < 1.29 is 9.15 Å². The van der Waals surface area contributed by atoms with Crippen molar-refractivity contribution in [1.29, 1.82) is 0 Å². The maximum atomic E-state index is 5.87. The Morgan fingerprint density at radius 3 is 2.28 bits per heavy atom. The minimum Gasteiger partial charge on any atom is -0.495 e. The van der Waals surface area contributed by atoms with Gasteiger partial charge >= 0.3 is 0 Å². The number of imidazole rings is 1. The van der Waals surface area contributed by atoms with Crippen LogP contribution in [0.3, 0.4) is 0 Å². The van der Waals surface area contributed by atoms with Crippen LogP contribution in [-0.2, 0) is 5.75 Å². The number of para-hydroxylation sites is 2. The van der Waals surface area contributed by atoms with Gasteiger partial charge in [0.1, 0.15) is 5.75 Å². The highest BCUT2D eigenvalue weighted by Gasteiger charge is 2.18. The van der Waals surface area contributed by atoms with E-state index in [2.05, 4.69) is 26.9 Å². The van der Waals surface area contributed by atoms with E-state index in [1.54, 1.807) is 7.11 Å². The van der Waals surface area contributed by atoms with Gasteiger partial charge in [0.05, 0.1) is 30.4 Å². The molecule has 7 heteroatoms. The summed E-state index contributed by atoms with van der Waals surface area (Å²) in [4.78, 5) is 4.70. The van der Waals surface area contributed by atoms with Gasteiger partial charge in [-0.2, -0.15) is 0 Å². The van der Waals surface area contributed by atoms with Crippen LogP contribution in [0.25, 0.3) is 28.4 Å². The van der Waals surface area contributed by atoms with Gasteiger partial charge in [-0.1, -0.05) is 72.4 Å². The normalized spacial score (nSPS) is 10.9. The molecule has 0 saturated carbocycles. The van der Waals surface area contributed by atoms with Gasteiger partial charge in [-0.25, -0.2) is 4.98 Å². The van der Waals surface area contributed by atoms with E-state index in [4.69, 9.17) is 14.1 Å². The molecular weight excluding hydrogens is 420 g/mol. The summed E-state index contributed by atoms with van der Waals surface area (Å²) >= 11 is 1.54. The number of nitrogens with zero attached hydrogens (tertiary/aromatic N) is 4. The number of rotatable bonds is 7. The molecule has 5 aromatic rings. The van der Waals surface area contributed by atoms with Crippen LogP contribution in [0.1, 0.15) is 5.89 Å². The maximum absolute atomic E-state index is 5.87. The molecule has 0 amide bonds. The summed E-state index contributed by atoms with van der Waals surface area (Å²) in [6, 6.07) is 27.9. The van der Waals surface area contributed by atoms with Crippen LogP contribution in [0.2, 0.25) is 0 Å². The summed E-state index contributed by atoms with van der Waals surface area (Å²) in [6.07, 6.45) is 1.88. The second-order valence-electron chi connectivity index (χ2n) is 6.95. The van der Waals surface area contributed by atoms with Crippen molar-refractivity contribution in [3.63, 3.8) is 0 Å². The zero-order valence-electron chi connectivity index (χ0n) is 17.4. The molecule has 0 spiro atoms. The SMILES string of the molecule is COc1ccccc1-n1c(-c2ccccc2)cnc1SCc1nnc(-c2ccccc2)o1. The zero-order chi connectivity index (χ0) is 21.8. The first kappa shape index (κ1) is 20.1. The predicted octanol–water partition coefficient (Wildman–Crippen LogP) is 5.89. The summed E-state index contributed by atoms with van der Waals surface area (Å²) in [5.74, 6) is 2.33. The highest BCUT2D eigenvalue weighted by atomic mass is 32.2. The Morgan fingerprint density at radius 2 is 1.53 bits per heavy atom. The molecular formula is C25H20N4O2S.